The maximum Gasteiger partial charge on any atom is 0.167 e. The van der Waals surface area contributed by atoms with E-state index in [1.54, 1.807) is 43.3 Å². The van der Waals surface area contributed by atoms with Crippen molar-refractivity contribution in [3.8, 4) is 28.3 Å². The van der Waals surface area contributed by atoms with E-state index < -0.39 is 23.6 Å². The molecule has 1 unspecified atom stereocenters. The lowest BCUT2D eigenvalue weighted by molar-refractivity contribution is 0.199. The third-order valence-electron chi connectivity index (χ3n) is 5.49. The van der Waals surface area contributed by atoms with Gasteiger partial charge in [0.1, 0.15) is 6.61 Å². The van der Waals surface area contributed by atoms with Crippen LogP contribution in [0.2, 0.25) is 0 Å². The molecule has 1 atom stereocenters. The van der Waals surface area contributed by atoms with Crippen LogP contribution in [0.5, 0.6) is 5.75 Å². The van der Waals surface area contributed by atoms with Crippen LogP contribution < -0.4 is 4.74 Å². The Hall–Kier alpha value is -4.23. The maximum absolute atomic E-state index is 14.8. The molecule has 0 saturated heterocycles. The van der Waals surface area contributed by atoms with Crippen LogP contribution >= 0.6 is 0 Å². The van der Waals surface area contributed by atoms with Crippen LogP contribution in [0.3, 0.4) is 0 Å². The zero-order valence-corrected chi connectivity index (χ0v) is 19.5. The smallest absolute Gasteiger partial charge is 0.167 e. The summed E-state index contributed by atoms with van der Waals surface area (Å²) in [6, 6.07) is 14.0. The minimum atomic E-state index is -0.977. The summed E-state index contributed by atoms with van der Waals surface area (Å²) in [7, 11) is 0. The van der Waals surface area contributed by atoms with Gasteiger partial charge in [-0.1, -0.05) is 61.2 Å². The largest absolute Gasteiger partial charge is 0.486 e. The molecule has 0 aliphatic rings. The molecule has 4 aromatic rings. The summed E-state index contributed by atoms with van der Waals surface area (Å²) in [6.45, 7) is 5.35. The van der Waals surface area contributed by atoms with Gasteiger partial charge in [-0.25, -0.2) is 23.1 Å². The van der Waals surface area contributed by atoms with Crippen LogP contribution in [-0.4, -0.2) is 21.7 Å². The average molecular weight is 489 g/mol. The van der Waals surface area contributed by atoms with Crippen molar-refractivity contribution in [1.29, 1.82) is 0 Å². The quantitative estimate of drug-likeness (QED) is 0.271. The summed E-state index contributed by atoms with van der Waals surface area (Å²) in [5.74, 6) is -2.06. The summed E-state index contributed by atoms with van der Waals surface area (Å²) in [4.78, 5) is 8.47. The summed E-state index contributed by atoms with van der Waals surface area (Å²) >= 11 is 0. The number of hydrogen-bond donors (Lipinski definition) is 1. The molecular formula is C29H23F3N2O2. The highest BCUT2D eigenvalue weighted by molar-refractivity contribution is 5.73. The van der Waals surface area contributed by atoms with Crippen LogP contribution in [0.25, 0.3) is 34.7 Å². The number of rotatable bonds is 8. The molecule has 0 saturated carbocycles. The Morgan fingerprint density at radius 2 is 1.61 bits per heavy atom. The van der Waals surface area contributed by atoms with E-state index in [9.17, 15) is 18.3 Å². The lowest BCUT2D eigenvalue weighted by Crippen LogP contribution is -1.97. The SMILES string of the molecule is C=CCOc1ccc(-c2ncc(/C=C/c3ccc(-c4ccc(C(C)O)cc4)c(F)c3F)cn2)cc1F. The van der Waals surface area contributed by atoms with Crippen molar-refractivity contribution in [2.45, 2.75) is 13.0 Å². The molecule has 0 spiro atoms. The Bertz CT molecular complexity index is 1400. The van der Waals surface area contributed by atoms with Gasteiger partial charge in [-0.15, -0.1) is 0 Å². The standard InChI is InChI=1S/C29H23F3N2O2/c1-3-14-36-26-13-11-23(15-25(26)30)29-33-16-19(17-34-29)4-5-22-10-12-24(28(32)27(22)31)21-8-6-20(7-9-21)18(2)35/h3-13,15-18,35H,1,14H2,2H3/b5-4+. The number of aliphatic hydroxyl groups excluding tert-OH is 1. The zero-order chi connectivity index (χ0) is 25.7. The number of aromatic nitrogens is 2. The third-order valence-corrected chi connectivity index (χ3v) is 5.49. The Kier molecular flexibility index (Phi) is 7.61. The van der Waals surface area contributed by atoms with Crippen molar-refractivity contribution in [2.75, 3.05) is 6.61 Å². The first-order valence-corrected chi connectivity index (χ1v) is 11.2. The van der Waals surface area contributed by atoms with Gasteiger partial charge in [-0.2, -0.15) is 0 Å². The Balaban J connectivity index is 1.50. The monoisotopic (exact) mass is 488 g/mol. The second-order valence-electron chi connectivity index (χ2n) is 8.05. The molecule has 4 nitrogen and oxygen atoms in total. The highest BCUT2D eigenvalue weighted by Crippen LogP contribution is 2.29. The number of ether oxygens (including phenoxy) is 1. The Labute approximate surface area is 207 Å². The van der Waals surface area contributed by atoms with Gasteiger partial charge in [0.05, 0.1) is 6.10 Å². The van der Waals surface area contributed by atoms with Crippen LogP contribution in [0.1, 0.15) is 29.7 Å². The number of halogens is 3. The minimum Gasteiger partial charge on any atom is -0.486 e. The summed E-state index contributed by atoms with van der Waals surface area (Å²) in [5, 5.41) is 9.62. The molecule has 0 radical (unpaired) electrons. The highest BCUT2D eigenvalue weighted by atomic mass is 19.2. The lowest BCUT2D eigenvalue weighted by atomic mass is 10.00. The first-order valence-electron chi connectivity index (χ1n) is 11.2. The van der Waals surface area contributed by atoms with E-state index in [0.29, 0.717) is 28.1 Å². The topological polar surface area (TPSA) is 55.2 Å². The van der Waals surface area contributed by atoms with E-state index in [1.807, 2.05) is 0 Å². The van der Waals surface area contributed by atoms with E-state index in [4.69, 9.17) is 4.74 Å². The van der Waals surface area contributed by atoms with Crippen LogP contribution in [0, 0.1) is 17.5 Å². The van der Waals surface area contributed by atoms with E-state index in [2.05, 4.69) is 16.5 Å². The number of benzene rings is 3. The van der Waals surface area contributed by atoms with Crippen molar-refractivity contribution < 1.29 is 23.0 Å². The fraction of sp³-hybridized carbons (Fsp3) is 0.103. The van der Waals surface area contributed by atoms with Gasteiger partial charge in [0.25, 0.3) is 0 Å². The molecule has 1 aromatic heterocycles. The van der Waals surface area contributed by atoms with Crippen molar-refractivity contribution in [2.24, 2.45) is 0 Å². The molecular weight excluding hydrogens is 465 g/mol. The molecule has 0 bridgehead atoms. The molecule has 3 aromatic carbocycles. The van der Waals surface area contributed by atoms with E-state index in [-0.39, 0.29) is 23.5 Å². The molecule has 36 heavy (non-hydrogen) atoms. The first kappa shape index (κ1) is 24.9. The number of aliphatic hydroxyl groups is 1. The van der Waals surface area contributed by atoms with Gasteiger partial charge >= 0.3 is 0 Å². The molecule has 0 amide bonds. The minimum absolute atomic E-state index is 0.0677. The molecule has 0 aliphatic heterocycles. The fourth-order valence-corrected chi connectivity index (χ4v) is 3.52. The number of hydrogen-bond acceptors (Lipinski definition) is 4. The zero-order valence-electron chi connectivity index (χ0n) is 19.5. The average Bonchev–Trinajstić information content (AvgIpc) is 2.89. The Morgan fingerprint density at radius 1 is 0.917 bits per heavy atom. The molecule has 7 heteroatoms. The molecule has 182 valence electrons. The van der Waals surface area contributed by atoms with Crippen LogP contribution in [0.15, 0.2) is 79.6 Å². The summed E-state index contributed by atoms with van der Waals surface area (Å²) < 4.78 is 48.9. The molecule has 1 N–H and O–H groups in total. The summed E-state index contributed by atoms with van der Waals surface area (Å²) in [5.41, 5.74) is 2.42. The Morgan fingerprint density at radius 3 is 2.25 bits per heavy atom. The van der Waals surface area contributed by atoms with Gasteiger partial charge in [0.2, 0.25) is 0 Å². The van der Waals surface area contributed by atoms with E-state index in [0.717, 1.165) is 0 Å². The van der Waals surface area contributed by atoms with Gasteiger partial charge in [0, 0.05) is 34.6 Å². The van der Waals surface area contributed by atoms with Gasteiger partial charge in [-0.05, 0) is 36.2 Å². The predicted molar refractivity (Wildman–Crippen MR) is 134 cm³/mol. The molecule has 0 fully saturated rings. The van der Waals surface area contributed by atoms with Crippen LogP contribution in [0.4, 0.5) is 13.2 Å². The second kappa shape index (κ2) is 11.0. The van der Waals surface area contributed by atoms with Gasteiger partial charge in [-0.3, -0.25) is 0 Å². The van der Waals surface area contributed by atoms with Crippen molar-refractivity contribution in [3.63, 3.8) is 0 Å². The lowest BCUT2D eigenvalue weighted by Gasteiger charge is -2.09. The second-order valence-corrected chi connectivity index (χ2v) is 8.05. The maximum atomic E-state index is 14.8. The van der Waals surface area contributed by atoms with Crippen molar-refractivity contribution in [3.05, 3.63) is 114 Å². The third kappa shape index (κ3) is 5.53. The van der Waals surface area contributed by atoms with E-state index in [1.165, 1.54) is 48.8 Å². The van der Waals surface area contributed by atoms with Crippen molar-refractivity contribution >= 4 is 12.2 Å². The predicted octanol–water partition coefficient (Wildman–Crippen LogP) is 7.02. The van der Waals surface area contributed by atoms with Crippen LogP contribution in [-0.2, 0) is 0 Å². The van der Waals surface area contributed by atoms with Gasteiger partial charge < -0.3 is 9.84 Å². The first-order chi connectivity index (χ1) is 17.4. The number of nitrogens with zero attached hydrogens (tertiary/aromatic N) is 2. The normalized spacial score (nSPS) is 12.0. The highest BCUT2D eigenvalue weighted by Gasteiger charge is 2.14. The van der Waals surface area contributed by atoms with Gasteiger partial charge in [0.15, 0.2) is 29.0 Å². The fourth-order valence-electron chi connectivity index (χ4n) is 3.52. The molecule has 0 aliphatic carbocycles. The molecule has 4 rings (SSSR count). The summed E-state index contributed by atoms with van der Waals surface area (Å²) in [6.07, 6.45) is 6.88. The van der Waals surface area contributed by atoms with Crippen molar-refractivity contribution in [1.82, 2.24) is 9.97 Å². The molecule has 1 heterocycles. The van der Waals surface area contributed by atoms with E-state index >= 15 is 0 Å².